The Morgan fingerprint density at radius 2 is 1.80 bits per heavy atom. The Balaban J connectivity index is 1.65. The van der Waals surface area contributed by atoms with Crippen LogP contribution < -0.4 is 5.32 Å². The van der Waals surface area contributed by atoms with Crippen LogP contribution >= 0.6 is 11.8 Å². The van der Waals surface area contributed by atoms with Crippen LogP contribution in [0.4, 0.5) is 5.69 Å². The molecule has 0 aliphatic carbocycles. The number of carbonyl (C=O) groups is 3. The van der Waals surface area contributed by atoms with E-state index in [1.165, 1.54) is 23.7 Å². The van der Waals surface area contributed by atoms with Crippen molar-refractivity contribution in [1.82, 2.24) is 4.90 Å². The van der Waals surface area contributed by atoms with Crippen LogP contribution in [0.1, 0.15) is 22.3 Å². The van der Waals surface area contributed by atoms with E-state index < -0.39 is 0 Å². The number of benzene rings is 2. The van der Waals surface area contributed by atoms with Crippen LogP contribution in [-0.4, -0.2) is 34.9 Å². The topological polar surface area (TPSA) is 66.5 Å². The molecule has 1 atom stereocenters. The van der Waals surface area contributed by atoms with Gasteiger partial charge in [-0.1, -0.05) is 18.2 Å². The fraction of sp³-hybridized carbons (Fsp3) is 0.211. The minimum atomic E-state index is -0.370. The van der Waals surface area contributed by atoms with Crippen LogP contribution in [0.2, 0.25) is 0 Å². The molecule has 5 nitrogen and oxygen atoms in total. The molecule has 2 aromatic rings. The summed E-state index contributed by atoms with van der Waals surface area (Å²) in [6.45, 7) is 1.89. The van der Waals surface area contributed by atoms with Crippen molar-refractivity contribution in [2.24, 2.45) is 0 Å². The Labute approximate surface area is 150 Å². The maximum Gasteiger partial charge on any atom is 0.255 e. The van der Waals surface area contributed by atoms with E-state index in [0.29, 0.717) is 11.3 Å². The summed E-state index contributed by atoms with van der Waals surface area (Å²) in [5, 5.41) is 2.49. The summed E-state index contributed by atoms with van der Waals surface area (Å²) in [6.07, 6.45) is 0.228. The van der Waals surface area contributed by atoms with Gasteiger partial charge in [0.05, 0.1) is 5.25 Å². The van der Waals surface area contributed by atoms with E-state index in [-0.39, 0.29) is 29.4 Å². The van der Waals surface area contributed by atoms with Gasteiger partial charge in [0.1, 0.15) is 0 Å². The second kappa shape index (κ2) is 7.11. The number of anilines is 1. The first-order valence-corrected chi connectivity index (χ1v) is 8.78. The van der Waals surface area contributed by atoms with Crippen LogP contribution in [-0.2, 0) is 9.59 Å². The van der Waals surface area contributed by atoms with E-state index in [2.05, 4.69) is 5.32 Å². The van der Waals surface area contributed by atoms with Gasteiger partial charge in [-0.05, 0) is 42.8 Å². The molecule has 1 N–H and O–H groups in total. The van der Waals surface area contributed by atoms with E-state index in [4.69, 9.17) is 0 Å². The largest absolute Gasteiger partial charge is 0.322 e. The number of thioether (sulfide) groups is 1. The Hall–Kier alpha value is -2.60. The average molecular weight is 354 g/mol. The SMILES string of the molecule is Cc1ccccc1C(=O)Nc1ccc(SC2CC(=O)N(C)C2=O)cc1. The maximum absolute atomic E-state index is 12.3. The highest BCUT2D eigenvalue weighted by atomic mass is 32.2. The molecule has 25 heavy (non-hydrogen) atoms. The highest BCUT2D eigenvalue weighted by Gasteiger charge is 2.36. The first-order chi connectivity index (χ1) is 12.0. The molecule has 2 aromatic carbocycles. The molecule has 3 amide bonds. The second-order valence-corrected chi connectivity index (χ2v) is 7.17. The minimum absolute atomic E-state index is 0.149. The summed E-state index contributed by atoms with van der Waals surface area (Å²) in [4.78, 5) is 37.9. The Bertz CT molecular complexity index is 833. The lowest BCUT2D eigenvalue weighted by molar-refractivity contribution is -0.136. The van der Waals surface area contributed by atoms with Crippen molar-refractivity contribution in [3.05, 3.63) is 59.7 Å². The average Bonchev–Trinajstić information content (AvgIpc) is 2.84. The number of nitrogens with zero attached hydrogens (tertiary/aromatic N) is 1. The molecule has 3 rings (SSSR count). The highest BCUT2D eigenvalue weighted by Crippen LogP contribution is 2.31. The summed E-state index contributed by atoms with van der Waals surface area (Å²) in [5.41, 5.74) is 2.24. The Kier molecular flexibility index (Phi) is 4.90. The lowest BCUT2D eigenvalue weighted by Crippen LogP contribution is -2.26. The lowest BCUT2D eigenvalue weighted by Gasteiger charge is -2.10. The molecule has 1 saturated heterocycles. The highest BCUT2D eigenvalue weighted by molar-refractivity contribution is 8.00. The normalized spacial score (nSPS) is 17.0. The van der Waals surface area contributed by atoms with Gasteiger partial charge in [-0.15, -0.1) is 11.8 Å². The van der Waals surface area contributed by atoms with Crippen LogP contribution in [0.3, 0.4) is 0 Å². The quantitative estimate of drug-likeness (QED) is 0.857. The third-order valence-corrected chi connectivity index (χ3v) is 5.32. The standard InChI is InChI=1S/C19H18N2O3S/c1-12-5-3-4-6-15(12)18(23)20-13-7-9-14(10-8-13)25-16-11-17(22)21(2)19(16)24/h3-10,16H,11H2,1-2H3,(H,20,23). The number of hydrogen-bond acceptors (Lipinski definition) is 4. The zero-order valence-corrected chi connectivity index (χ0v) is 14.8. The number of rotatable bonds is 4. The van der Waals surface area contributed by atoms with Crippen molar-refractivity contribution < 1.29 is 14.4 Å². The van der Waals surface area contributed by atoms with Gasteiger partial charge in [-0.3, -0.25) is 19.3 Å². The predicted molar refractivity (Wildman–Crippen MR) is 97.6 cm³/mol. The second-order valence-electron chi connectivity index (χ2n) is 5.90. The van der Waals surface area contributed by atoms with Gasteiger partial charge < -0.3 is 5.32 Å². The van der Waals surface area contributed by atoms with Crippen LogP contribution in [0.5, 0.6) is 0 Å². The van der Waals surface area contributed by atoms with E-state index in [9.17, 15) is 14.4 Å². The third-order valence-electron chi connectivity index (χ3n) is 4.12. The summed E-state index contributed by atoms with van der Waals surface area (Å²) in [6, 6.07) is 14.7. The molecule has 0 bridgehead atoms. The predicted octanol–water partition coefficient (Wildman–Crippen LogP) is 3.10. The first-order valence-electron chi connectivity index (χ1n) is 7.90. The Morgan fingerprint density at radius 3 is 2.40 bits per heavy atom. The molecular weight excluding hydrogens is 336 g/mol. The number of aryl methyl sites for hydroxylation is 1. The molecule has 1 heterocycles. The van der Waals surface area contributed by atoms with Gasteiger partial charge in [0.2, 0.25) is 11.8 Å². The van der Waals surface area contributed by atoms with Crippen molar-refractivity contribution in [1.29, 1.82) is 0 Å². The first kappa shape index (κ1) is 17.2. The van der Waals surface area contributed by atoms with Gasteiger partial charge in [0, 0.05) is 29.6 Å². The molecule has 1 unspecified atom stereocenters. The zero-order chi connectivity index (χ0) is 18.0. The number of nitrogens with one attached hydrogen (secondary N) is 1. The van der Waals surface area contributed by atoms with E-state index in [0.717, 1.165) is 10.5 Å². The third kappa shape index (κ3) is 3.74. The molecule has 0 aromatic heterocycles. The minimum Gasteiger partial charge on any atom is -0.322 e. The monoisotopic (exact) mass is 354 g/mol. The Morgan fingerprint density at radius 1 is 1.12 bits per heavy atom. The molecule has 0 spiro atoms. The van der Waals surface area contributed by atoms with E-state index in [1.807, 2.05) is 37.3 Å². The zero-order valence-electron chi connectivity index (χ0n) is 14.0. The summed E-state index contributed by atoms with van der Waals surface area (Å²) in [5.74, 6) is -0.465. The molecular formula is C19H18N2O3S. The van der Waals surface area contributed by atoms with Gasteiger partial charge in [0.25, 0.3) is 5.91 Å². The van der Waals surface area contributed by atoms with Crippen LogP contribution in [0, 0.1) is 6.92 Å². The fourth-order valence-corrected chi connectivity index (χ4v) is 3.73. The smallest absolute Gasteiger partial charge is 0.255 e. The van der Waals surface area contributed by atoms with Crippen LogP contribution in [0.15, 0.2) is 53.4 Å². The van der Waals surface area contributed by atoms with Crippen molar-refractivity contribution in [2.45, 2.75) is 23.5 Å². The van der Waals surface area contributed by atoms with Gasteiger partial charge in [-0.2, -0.15) is 0 Å². The number of hydrogen-bond donors (Lipinski definition) is 1. The van der Waals surface area contributed by atoms with Gasteiger partial charge in [-0.25, -0.2) is 0 Å². The number of amides is 3. The van der Waals surface area contributed by atoms with Crippen molar-refractivity contribution in [3.8, 4) is 0 Å². The number of carbonyl (C=O) groups excluding carboxylic acids is 3. The summed E-state index contributed by atoms with van der Waals surface area (Å²) in [7, 11) is 1.51. The number of imide groups is 1. The molecule has 1 aliphatic rings. The van der Waals surface area contributed by atoms with E-state index >= 15 is 0 Å². The number of likely N-dealkylation sites (tertiary alicyclic amines) is 1. The van der Waals surface area contributed by atoms with Gasteiger partial charge >= 0.3 is 0 Å². The lowest BCUT2D eigenvalue weighted by atomic mass is 10.1. The molecule has 0 saturated carbocycles. The molecule has 0 radical (unpaired) electrons. The summed E-state index contributed by atoms with van der Waals surface area (Å²) >= 11 is 1.37. The van der Waals surface area contributed by atoms with Gasteiger partial charge in [0.15, 0.2) is 0 Å². The van der Waals surface area contributed by atoms with E-state index in [1.54, 1.807) is 18.2 Å². The molecule has 128 valence electrons. The van der Waals surface area contributed by atoms with Crippen molar-refractivity contribution in [2.75, 3.05) is 12.4 Å². The summed E-state index contributed by atoms with van der Waals surface area (Å²) < 4.78 is 0. The van der Waals surface area contributed by atoms with Crippen LogP contribution in [0.25, 0.3) is 0 Å². The molecule has 1 fully saturated rings. The maximum atomic E-state index is 12.3. The van der Waals surface area contributed by atoms with Crippen molar-refractivity contribution in [3.63, 3.8) is 0 Å². The van der Waals surface area contributed by atoms with Crippen molar-refractivity contribution >= 4 is 35.2 Å². The fourth-order valence-electron chi connectivity index (χ4n) is 2.62. The molecule has 6 heteroatoms. The molecule has 1 aliphatic heterocycles.